The summed E-state index contributed by atoms with van der Waals surface area (Å²) in [5, 5.41) is 3.15. The van der Waals surface area contributed by atoms with Crippen molar-refractivity contribution < 1.29 is 14.4 Å². The number of halogens is 1. The van der Waals surface area contributed by atoms with Crippen LogP contribution >= 0.6 is 11.6 Å². The highest BCUT2D eigenvalue weighted by molar-refractivity contribution is 6.30. The maximum atomic E-state index is 13.0. The van der Waals surface area contributed by atoms with Crippen molar-refractivity contribution in [1.82, 2.24) is 14.8 Å². The fraction of sp³-hybridized carbons (Fsp3) is 0.286. The maximum Gasteiger partial charge on any atom is 0.325 e. The van der Waals surface area contributed by atoms with E-state index in [0.29, 0.717) is 22.7 Å². The van der Waals surface area contributed by atoms with Crippen molar-refractivity contribution in [3.8, 4) is 0 Å². The Hall–Kier alpha value is -2.86. The zero-order chi connectivity index (χ0) is 20.6. The van der Waals surface area contributed by atoms with Gasteiger partial charge in [0.25, 0.3) is 5.91 Å². The van der Waals surface area contributed by atoms with Crippen molar-refractivity contribution in [2.24, 2.45) is 0 Å². The molecule has 146 valence electrons. The van der Waals surface area contributed by atoms with E-state index in [9.17, 15) is 14.4 Å². The zero-order valence-electron chi connectivity index (χ0n) is 16.1. The number of aryl methyl sites for hydroxylation is 1. The van der Waals surface area contributed by atoms with Crippen LogP contribution < -0.4 is 5.32 Å². The van der Waals surface area contributed by atoms with Gasteiger partial charge in [0.15, 0.2) is 5.78 Å². The normalized spacial score (nSPS) is 19.1. The second-order valence-corrected chi connectivity index (χ2v) is 7.50. The summed E-state index contributed by atoms with van der Waals surface area (Å²) in [5.74, 6) is -0.768. The first-order chi connectivity index (χ1) is 13.2. The van der Waals surface area contributed by atoms with Crippen molar-refractivity contribution in [2.75, 3.05) is 6.54 Å². The van der Waals surface area contributed by atoms with Crippen LogP contribution in [0.5, 0.6) is 0 Å². The average molecular weight is 400 g/mol. The van der Waals surface area contributed by atoms with Gasteiger partial charge in [-0.05, 0) is 44.5 Å². The Morgan fingerprint density at radius 3 is 2.64 bits per heavy atom. The van der Waals surface area contributed by atoms with Gasteiger partial charge in [-0.1, -0.05) is 29.8 Å². The van der Waals surface area contributed by atoms with Crippen LogP contribution in [0.25, 0.3) is 0 Å². The number of nitrogens with one attached hydrogen (secondary N) is 1. The van der Waals surface area contributed by atoms with Crippen molar-refractivity contribution in [3.63, 3.8) is 0 Å². The molecule has 1 unspecified atom stereocenters. The third kappa shape index (κ3) is 3.24. The molecule has 7 heteroatoms. The molecule has 0 spiro atoms. The number of hydrogen-bond donors (Lipinski definition) is 1. The number of rotatable bonds is 6. The Balaban J connectivity index is 1.86. The quantitative estimate of drug-likeness (QED) is 0.458. The molecule has 2 aromatic rings. The van der Waals surface area contributed by atoms with Gasteiger partial charge in [-0.15, -0.1) is 6.58 Å². The molecule has 1 aliphatic heterocycles. The lowest BCUT2D eigenvalue weighted by molar-refractivity contribution is -0.130. The number of urea groups is 1. The molecule has 1 aliphatic rings. The van der Waals surface area contributed by atoms with E-state index in [1.54, 1.807) is 43.3 Å². The number of amides is 3. The molecule has 1 aromatic carbocycles. The maximum absolute atomic E-state index is 13.0. The Morgan fingerprint density at radius 2 is 2.00 bits per heavy atom. The largest absolute Gasteiger partial charge is 0.345 e. The monoisotopic (exact) mass is 399 g/mol. The lowest BCUT2D eigenvalue weighted by Crippen LogP contribution is -2.41. The number of Topliss-reactive ketones (excluding diaryl/α,β-unsaturated/α-hetero) is 1. The van der Waals surface area contributed by atoms with Crippen LogP contribution in [0.2, 0.25) is 5.02 Å². The van der Waals surface area contributed by atoms with Gasteiger partial charge < -0.3 is 9.88 Å². The van der Waals surface area contributed by atoms with Crippen LogP contribution in [0.15, 0.2) is 43.0 Å². The van der Waals surface area contributed by atoms with Crippen molar-refractivity contribution in [3.05, 3.63) is 70.5 Å². The first kappa shape index (κ1) is 19.9. The highest BCUT2D eigenvalue weighted by Gasteiger charge is 2.49. The highest BCUT2D eigenvalue weighted by Crippen LogP contribution is 2.30. The summed E-state index contributed by atoms with van der Waals surface area (Å²) in [6.45, 7) is 9.34. The number of hydrogen-bond acceptors (Lipinski definition) is 3. The molecule has 1 N–H and O–H groups in total. The second kappa shape index (κ2) is 7.28. The van der Waals surface area contributed by atoms with Gasteiger partial charge in [-0.2, -0.15) is 0 Å². The van der Waals surface area contributed by atoms with Gasteiger partial charge in [0.2, 0.25) is 0 Å². The predicted octanol–water partition coefficient (Wildman–Crippen LogP) is 3.59. The van der Waals surface area contributed by atoms with Crippen LogP contribution in [0, 0.1) is 13.8 Å². The molecule has 1 fully saturated rings. The molecule has 3 rings (SSSR count). The first-order valence-corrected chi connectivity index (χ1v) is 9.27. The summed E-state index contributed by atoms with van der Waals surface area (Å²) in [5.41, 5.74) is 1.50. The number of carbonyl (C=O) groups is 3. The van der Waals surface area contributed by atoms with Gasteiger partial charge >= 0.3 is 6.03 Å². The van der Waals surface area contributed by atoms with Crippen molar-refractivity contribution in [2.45, 2.75) is 32.9 Å². The minimum Gasteiger partial charge on any atom is -0.345 e. The number of allylic oxidation sites excluding steroid dienone is 1. The minimum atomic E-state index is -1.26. The van der Waals surface area contributed by atoms with E-state index in [1.165, 1.54) is 0 Å². The number of nitrogens with zero attached hydrogens (tertiary/aromatic N) is 2. The first-order valence-electron chi connectivity index (χ1n) is 8.90. The Morgan fingerprint density at radius 1 is 1.29 bits per heavy atom. The number of ketones is 1. The number of imide groups is 1. The Labute approximate surface area is 168 Å². The third-order valence-electron chi connectivity index (χ3n) is 5.16. The van der Waals surface area contributed by atoms with Crippen molar-refractivity contribution >= 4 is 29.3 Å². The lowest BCUT2D eigenvalue weighted by atomic mass is 9.92. The molecular formula is C21H22ClN3O3. The summed E-state index contributed by atoms with van der Waals surface area (Å²) < 4.78 is 1.96. The summed E-state index contributed by atoms with van der Waals surface area (Å²) in [4.78, 5) is 39.3. The molecule has 0 bridgehead atoms. The van der Waals surface area contributed by atoms with Gasteiger partial charge in [-0.25, -0.2) is 4.79 Å². The van der Waals surface area contributed by atoms with Crippen LogP contribution in [0.4, 0.5) is 4.79 Å². The van der Waals surface area contributed by atoms with E-state index in [2.05, 4.69) is 11.9 Å². The molecule has 1 atom stereocenters. The highest BCUT2D eigenvalue weighted by atomic mass is 35.5. The van der Waals surface area contributed by atoms with Crippen LogP contribution in [-0.4, -0.2) is 33.7 Å². The number of aromatic nitrogens is 1. The SMILES string of the molecule is C=CCn1c(C)cc(C(=O)CN2C(=O)NC(C)(c3cccc(Cl)c3)C2=O)c1C. The molecule has 6 nitrogen and oxygen atoms in total. The van der Waals surface area contributed by atoms with E-state index in [-0.39, 0.29) is 12.3 Å². The summed E-state index contributed by atoms with van der Waals surface area (Å²) in [6, 6.07) is 7.93. The van der Waals surface area contributed by atoms with E-state index in [4.69, 9.17) is 11.6 Å². The Kier molecular flexibility index (Phi) is 5.17. The number of carbonyl (C=O) groups excluding carboxylic acids is 3. The second-order valence-electron chi connectivity index (χ2n) is 7.06. The van der Waals surface area contributed by atoms with Gasteiger partial charge in [-0.3, -0.25) is 14.5 Å². The molecule has 2 heterocycles. The smallest absolute Gasteiger partial charge is 0.325 e. The molecule has 1 saturated heterocycles. The lowest BCUT2D eigenvalue weighted by Gasteiger charge is -2.22. The van der Waals surface area contributed by atoms with Gasteiger partial charge in [0.1, 0.15) is 5.54 Å². The molecule has 0 radical (unpaired) electrons. The van der Waals surface area contributed by atoms with Crippen LogP contribution in [0.1, 0.15) is 34.2 Å². The van der Waals surface area contributed by atoms with Crippen LogP contribution in [0.3, 0.4) is 0 Å². The zero-order valence-corrected chi connectivity index (χ0v) is 16.8. The van der Waals surface area contributed by atoms with Crippen molar-refractivity contribution in [1.29, 1.82) is 0 Å². The van der Waals surface area contributed by atoms with E-state index >= 15 is 0 Å². The Bertz CT molecular complexity index is 995. The van der Waals surface area contributed by atoms with Gasteiger partial charge in [0.05, 0.1) is 6.54 Å². The molecule has 0 aliphatic carbocycles. The van der Waals surface area contributed by atoms with E-state index in [0.717, 1.165) is 16.3 Å². The summed E-state index contributed by atoms with van der Waals surface area (Å²) in [6.07, 6.45) is 1.75. The standard InChI is InChI=1S/C21H22ClN3O3/c1-5-9-24-13(2)10-17(14(24)3)18(26)12-25-19(27)21(4,23-20(25)28)15-7-6-8-16(22)11-15/h5-8,10-11H,1,9,12H2,2-4H3,(H,23,28). The average Bonchev–Trinajstić information content (AvgIpc) is 3.05. The summed E-state index contributed by atoms with van der Waals surface area (Å²) in [7, 11) is 0. The third-order valence-corrected chi connectivity index (χ3v) is 5.40. The van der Waals surface area contributed by atoms with E-state index < -0.39 is 17.5 Å². The predicted molar refractivity (Wildman–Crippen MR) is 107 cm³/mol. The topological polar surface area (TPSA) is 71.4 Å². The molecular weight excluding hydrogens is 378 g/mol. The molecule has 28 heavy (non-hydrogen) atoms. The van der Waals surface area contributed by atoms with Gasteiger partial charge in [0, 0.05) is 28.5 Å². The fourth-order valence-corrected chi connectivity index (χ4v) is 3.75. The minimum absolute atomic E-state index is 0.290. The molecule has 0 saturated carbocycles. The fourth-order valence-electron chi connectivity index (χ4n) is 3.56. The summed E-state index contributed by atoms with van der Waals surface area (Å²) >= 11 is 6.03. The van der Waals surface area contributed by atoms with Crippen LogP contribution in [-0.2, 0) is 16.9 Å². The molecule has 1 aromatic heterocycles. The van der Waals surface area contributed by atoms with E-state index in [1.807, 2.05) is 18.4 Å². The molecule has 3 amide bonds. The number of benzene rings is 1.